The number of ketones is 1. The fourth-order valence-electron chi connectivity index (χ4n) is 3.61. The van der Waals surface area contributed by atoms with Gasteiger partial charge in [-0.1, -0.05) is 45.2 Å². The summed E-state index contributed by atoms with van der Waals surface area (Å²) in [7, 11) is -3.94. The number of Topliss-reactive ketones (excluding diaryl/α,β-unsaturated/α-hetero) is 1. The smallest absolute Gasteiger partial charge is 0.251 e. The van der Waals surface area contributed by atoms with Gasteiger partial charge in [0.25, 0.3) is 5.91 Å². The SMILES string of the molecule is CCCCC(CC)CNC(=O)c1ccc(C(O)P(=O)(O)C2CCC(=O)C2)cc1. The van der Waals surface area contributed by atoms with Gasteiger partial charge in [0.2, 0.25) is 7.37 Å². The van der Waals surface area contributed by atoms with Crippen LogP contribution in [0.25, 0.3) is 0 Å². The minimum absolute atomic E-state index is 0.0391. The van der Waals surface area contributed by atoms with E-state index in [9.17, 15) is 24.2 Å². The molecule has 156 valence electrons. The number of benzene rings is 1. The van der Waals surface area contributed by atoms with Crippen molar-refractivity contribution in [2.75, 3.05) is 6.54 Å². The molecule has 1 saturated carbocycles. The Kier molecular flexibility index (Phi) is 8.41. The molecular weight excluding hydrogens is 377 g/mol. The van der Waals surface area contributed by atoms with Crippen LogP contribution in [0.5, 0.6) is 0 Å². The van der Waals surface area contributed by atoms with E-state index in [1.165, 1.54) is 12.1 Å². The first kappa shape index (κ1) is 22.8. The third-order valence-corrected chi connectivity index (χ3v) is 8.15. The number of aliphatic hydroxyl groups excluding tert-OH is 1. The van der Waals surface area contributed by atoms with Crippen LogP contribution in [-0.4, -0.2) is 33.9 Å². The van der Waals surface area contributed by atoms with E-state index in [0.29, 0.717) is 24.4 Å². The predicted octanol–water partition coefficient (Wildman–Crippen LogP) is 4.02. The Morgan fingerprint density at radius 2 is 1.96 bits per heavy atom. The van der Waals surface area contributed by atoms with Crippen LogP contribution >= 0.6 is 7.37 Å². The molecule has 3 N–H and O–H groups in total. The third-order valence-electron chi connectivity index (χ3n) is 5.66. The van der Waals surface area contributed by atoms with Gasteiger partial charge in [-0.05, 0) is 36.5 Å². The summed E-state index contributed by atoms with van der Waals surface area (Å²) in [6.07, 6.45) is 5.06. The lowest BCUT2D eigenvalue weighted by Crippen LogP contribution is -2.29. The summed E-state index contributed by atoms with van der Waals surface area (Å²) in [6.45, 7) is 4.89. The molecule has 0 aromatic heterocycles. The lowest BCUT2D eigenvalue weighted by Gasteiger charge is -2.23. The summed E-state index contributed by atoms with van der Waals surface area (Å²) in [5.74, 6) is -1.31. The number of carbonyl (C=O) groups excluding carboxylic acids is 2. The first-order valence-electron chi connectivity index (χ1n) is 10.2. The molecule has 7 heteroatoms. The molecule has 4 unspecified atom stereocenters. The van der Waals surface area contributed by atoms with Gasteiger partial charge in [-0.2, -0.15) is 0 Å². The molecule has 1 aliphatic rings. The number of rotatable bonds is 10. The van der Waals surface area contributed by atoms with Crippen molar-refractivity contribution in [1.29, 1.82) is 0 Å². The summed E-state index contributed by atoms with van der Waals surface area (Å²) in [5.41, 5.74) is 0.0493. The maximum atomic E-state index is 12.7. The van der Waals surface area contributed by atoms with E-state index >= 15 is 0 Å². The Labute approximate surface area is 167 Å². The lowest BCUT2D eigenvalue weighted by molar-refractivity contribution is -0.117. The first-order chi connectivity index (χ1) is 13.3. The van der Waals surface area contributed by atoms with E-state index in [0.717, 1.165) is 25.7 Å². The van der Waals surface area contributed by atoms with Crippen molar-refractivity contribution < 1.29 is 24.2 Å². The van der Waals surface area contributed by atoms with Crippen molar-refractivity contribution in [2.24, 2.45) is 5.92 Å². The average Bonchev–Trinajstić information content (AvgIpc) is 3.14. The molecule has 1 amide bonds. The highest BCUT2D eigenvalue weighted by Crippen LogP contribution is 2.61. The molecule has 6 nitrogen and oxygen atoms in total. The standard InChI is InChI=1S/C21H32NO5P/c1-3-5-6-15(4-2)14-22-20(24)16-7-9-17(10-8-16)21(25)28(26,27)19-12-11-18(23)13-19/h7-10,15,19,21,25H,3-6,11-14H2,1-2H3,(H,22,24)(H,26,27). The van der Waals surface area contributed by atoms with Crippen LogP contribution < -0.4 is 5.32 Å². The van der Waals surface area contributed by atoms with Gasteiger partial charge in [0.05, 0.1) is 0 Å². The molecule has 0 bridgehead atoms. The Balaban J connectivity index is 1.97. The van der Waals surface area contributed by atoms with Gasteiger partial charge in [0.15, 0.2) is 5.85 Å². The van der Waals surface area contributed by atoms with Gasteiger partial charge < -0.3 is 15.3 Å². The normalized spacial score (nSPS) is 21.1. The molecule has 0 spiro atoms. The van der Waals surface area contributed by atoms with Crippen LogP contribution in [0.15, 0.2) is 24.3 Å². The Morgan fingerprint density at radius 1 is 1.29 bits per heavy atom. The van der Waals surface area contributed by atoms with Crippen molar-refractivity contribution in [2.45, 2.75) is 70.3 Å². The van der Waals surface area contributed by atoms with E-state index in [4.69, 9.17) is 0 Å². The zero-order chi connectivity index (χ0) is 20.7. The molecule has 0 radical (unpaired) electrons. The number of carbonyl (C=O) groups is 2. The van der Waals surface area contributed by atoms with Crippen LogP contribution in [0.1, 0.15) is 80.6 Å². The number of unbranched alkanes of at least 4 members (excludes halogenated alkanes) is 1. The van der Waals surface area contributed by atoms with Crippen LogP contribution in [0.3, 0.4) is 0 Å². The Morgan fingerprint density at radius 3 is 2.50 bits per heavy atom. The first-order valence-corrected chi connectivity index (χ1v) is 12.0. The fourth-order valence-corrected chi connectivity index (χ4v) is 5.58. The molecule has 0 heterocycles. The van der Waals surface area contributed by atoms with Gasteiger partial charge in [0.1, 0.15) is 5.78 Å². The summed E-state index contributed by atoms with van der Waals surface area (Å²) in [4.78, 5) is 34.1. The fraction of sp³-hybridized carbons (Fsp3) is 0.619. The summed E-state index contributed by atoms with van der Waals surface area (Å²) in [5, 5.41) is 13.3. The number of hydrogen-bond donors (Lipinski definition) is 3. The van der Waals surface area contributed by atoms with Crippen molar-refractivity contribution in [3.8, 4) is 0 Å². The Hall–Kier alpha value is -1.49. The maximum Gasteiger partial charge on any atom is 0.251 e. The minimum Gasteiger partial charge on any atom is -0.378 e. The van der Waals surface area contributed by atoms with Crippen LogP contribution in [0.4, 0.5) is 0 Å². The lowest BCUT2D eigenvalue weighted by atomic mass is 9.99. The number of aliphatic hydroxyl groups is 1. The van der Waals surface area contributed by atoms with E-state index in [-0.39, 0.29) is 30.1 Å². The minimum atomic E-state index is -3.94. The van der Waals surface area contributed by atoms with Gasteiger partial charge >= 0.3 is 0 Å². The van der Waals surface area contributed by atoms with Crippen molar-refractivity contribution >= 4 is 19.1 Å². The second kappa shape index (κ2) is 10.3. The third kappa shape index (κ3) is 5.76. The number of nitrogens with one attached hydrogen (secondary N) is 1. The average molecular weight is 409 g/mol. The molecular formula is C21H32NO5P. The monoisotopic (exact) mass is 409 g/mol. The van der Waals surface area contributed by atoms with E-state index in [1.54, 1.807) is 12.1 Å². The molecule has 4 atom stereocenters. The van der Waals surface area contributed by atoms with Crippen molar-refractivity contribution in [3.05, 3.63) is 35.4 Å². The second-order valence-electron chi connectivity index (χ2n) is 7.73. The maximum absolute atomic E-state index is 12.7. The predicted molar refractivity (Wildman–Crippen MR) is 110 cm³/mol. The largest absolute Gasteiger partial charge is 0.378 e. The van der Waals surface area contributed by atoms with Gasteiger partial charge in [-0.3, -0.25) is 14.2 Å². The van der Waals surface area contributed by atoms with Crippen molar-refractivity contribution in [1.82, 2.24) is 5.32 Å². The van der Waals surface area contributed by atoms with Crippen LogP contribution in [0.2, 0.25) is 0 Å². The molecule has 1 aromatic carbocycles. The molecule has 1 aromatic rings. The van der Waals surface area contributed by atoms with Crippen LogP contribution in [-0.2, 0) is 9.36 Å². The Bertz CT molecular complexity index is 718. The number of amides is 1. The molecule has 0 aliphatic heterocycles. The zero-order valence-electron chi connectivity index (χ0n) is 16.8. The highest BCUT2D eigenvalue weighted by molar-refractivity contribution is 7.59. The molecule has 0 saturated heterocycles. The second-order valence-corrected chi connectivity index (χ2v) is 10.3. The zero-order valence-corrected chi connectivity index (χ0v) is 17.7. The summed E-state index contributed by atoms with van der Waals surface area (Å²) >= 11 is 0. The number of hydrogen-bond acceptors (Lipinski definition) is 4. The summed E-state index contributed by atoms with van der Waals surface area (Å²) < 4.78 is 12.7. The molecule has 2 rings (SSSR count). The van der Waals surface area contributed by atoms with E-state index in [1.807, 2.05) is 0 Å². The topological polar surface area (TPSA) is 104 Å². The quantitative estimate of drug-likeness (QED) is 0.507. The van der Waals surface area contributed by atoms with Gasteiger partial charge in [-0.15, -0.1) is 0 Å². The van der Waals surface area contributed by atoms with Gasteiger partial charge in [-0.25, -0.2) is 0 Å². The van der Waals surface area contributed by atoms with Crippen LogP contribution in [0, 0.1) is 5.92 Å². The molecule has 1 aliphatic carbocycles. The highest BCUT2D eigenvalue weighted by atomic mass is 31.2. The van der Waals surface area contributed by atoms with E-state index < -0.39 is 18.9 Å². The molecule has 28 heavy (non-hydrogen) atoms. The molecule has 1 fully saturated rings. The van der Waals surface area contributed by atoms with Crippen molar-refractivity contribution in [3.63, 3.8) is 0 Å². The summed E-state index contributed by atoms with van der Waals surface area (Å²) in [6, 6.07) is 6.13. The highest BCUT2D eigenvalue weighted by Gasteiger charge is 2.42. The van der Waals surface area contributed by atoms with Gasteiger partial charge in [0, 0.05) is 30.6 Å². The van der Waals surface area contributed by atoms with E-state index in [2.05, 4.69) is 19.2 Å².